The Bertz CT molecular complexity index is 480. The number of piperidine rings is 1. The van der Waals surface area contributed by atoms with E-state index in [0.717, 1.165) is 24.4 Å². The van der Waals surface area contributed by atoms with Crippen molar-refractivity contribution >= 4 is 5.82 Å². The average Bonchev–Trinajstić information content (AvgIpc) is 2.36. The van der Waals surface area contributed by atoms with Crippen LogP contribution in [0.25, 0.3) is 0 Å². The third-order valence-corrected chi connectivity index (χ3v) is 5.00. The molecule has 1 fully saturated rings. The van der Waals surface area contributed by atoms with E-state index in [1.807, 2.05) is 13.0 Å². The topological polar surface area (TPSA) is 41.0 Å². The van der Waals surface area contributed by atoms with Gasteiger partial charge in [-0.3, -0.25) is 0 Å². The Morgan fingerprint density at radius 2 is 1.86 bits per heavy atom. The summed E-state index contributed by atoms with van der Waals surface area (Å²) in [6, 6.07) is 4.59. The number of hydrogen-bond acceptors (Lipinski definition) is 4. The van der Waals surface area contributed by atoms with Crippen molar-refractivity contribution in [3.05, 3.63) is 17.8 Å². The van der Waals surface area contributed by atoms with Crippen molar-refractivity contribution in [1.29, 1.82) is 0 Å². The van der Waals surface area contributed by atoms with E-state index < -0.39 is 0 Å². The molecule has 4 heteroatoms. The third kappa shape index (κ3) is 3.54. The molecule has 2 atom stereocenters. The van der Waals surface area contributed by atoms with Crippen molar-refractivity contribution < 1.29 is 0 Å². The number of rotatable bonds is 3. The van der Waals surface area contributed by atoms with Gasteiger partial charge in [0.15, 0.2) is 5.82 Å². The summed E-state index contributed by atoms with van der Waals surface area (Å²) in [5, 5.41) is 12.4. The molecule has 2 heterocycles. The molecule has 1 aromatic rings. The van der Waals surface area contributed by atoms with E-state index in [2.05, 4.69) is 68.1 Å². The monoisotopic (exact) mass is 290 g/mol. The van der Waals surface area contributed by atoms with E-state index in [1.165, 1.54) is 0 Å². The second-order valence-corrected chi connectivity index (χ2v) is 7.79. The van der Waals surface area contributed by atoms with E-state index in [1.54, 1.807) is 0 Å². The SMILES string of the molecule is Cc1ccc(N(C)C2CC(C)(C)NC(C)(C(C)C)C2)nn1. The molecule has 118 valence electrons. The fraction of sp³-hybridized carbons (Fsp3) is 0.765. The highest BCUT2D eigenvalue weighted by molar-refractivity contribution is 5.38. The lowest BCUT2D eigenvalue weighted by Crippen LogP contribution is -2.65. The summed E-state index contributed by atoms with van der Waals surface area (Å²) >= 11 is 0. The number of aromatic nitrogens is 2. The smallest absolute Gasteiger partial charge is 0.151 e. The van der Waals surface area contributed by atoms with Gasteiger partial charge in [0.25, 0.3) is 0 Å². The van der Waals surface area contributed by atoms with E-state index in [9.17, 15) is 0 Å². The predicted octanol–water partition coefficient (Wildman–Crippen LogP) is 3.17. The Morgan fingerprint density at radius 3 is 2.38 bits per heavy atom. The maximum atomic E-state index is 4.35. The quantitative estimate of drug-likeness (QED) is 0.928. The van der Waals surface area contributed by atoms with Crippen LogP contribution >= 0.6 is 0 Å². The van der Waals surface area contributed by atoms with Gasteiger partial charge >= 0.3 is 0 Å². The molecule has 0 aromatic carbocycles. The molecule has 4 nitrogen and oxygen atoms in total. The van der Waals surface area contributed by atoms with Crippen molar-refractivity contribution in [3.8, 4) is 0 Å². The van der Waals surface area contributed by atoms with Crippen molar-refractivity contribution in [2.45, 2.75) is 71.5 Å². The van der Waals surface area contributed by atoms with Gasteiger partial charge in [0, 0.05) is 24.2 Å². The highest BCUT2D eigenvalue weighted by atomic mass is 15.3. The molecular weight excluding hydrogens is 260 g/mol. The number of nitrogens with one attached hydrogen (secondary N) is 1. The number of nitrogens with zero attached hydrogens (tertiary/aromatic N) is 3. The summed E-state index contributed by atoms with van der Waals surface area (Å²) in [5.74, 6) is 1.56. The second kappa shape index (κ2) is 5.56. The minimum atomic E-state index is 0.133. The van der Waals surface area contributed by atoms with Gasteiger partial charge < -0.3 is 10.2 Å². The maximum absolute atomic E-state index is 4.35. The van der Waals surface area contributed by atoms with Gasteiger partial charge in [-0.2, -0.15) is 5.10 Å². The minimum absolute atomic E-state index is 0.133. The van der Waals surface area contributed by atoms with Gasteiger partial charge in [-0.15, -0.1) is 5.10 Å². The third-order valence-electron chi connectivity index (χ3n) is 5.00. The zero-order valence-electron chi connectivity index (χ0n) is 14.6. The van der Waals surface area contributed by atoms with Crippen molar-refractivity contribution in [2.24, 2.45) is 5.92 Å². The molecule has 0 spiro atoms. The van der Waals surface area contributed by atoms with Gasteiger partial charge in [0.05, 0.1) is 5.69 Å². The van der Waals surface area contributed by atoms with Crippen molar-refractivity contribution in [3.63, 3.8) is 0 Å². The first-order valence-electron chi connectivity index (χ1n) is 7.95. The van der Waals surface area contributed by atoms with Gasteiger partial charge in [-0.05, 0) is 58.6 Å². The molecule has 1 N–H and O–H groups in total. The first kappa shape index (κ1) is 16.2. The molecule has 0 amide bonds. The van der Waals surface area contributed by atoms with E-state index >= 15 is 0 Å². The Morgan fingerprint density at radius 1 is 1.19 bits per heavy atom. The Kier molecular flexibility index (Phi) is 4.29. The molecule has 1 aliphatic rings. The van der Waals surface area contributed by atoms with Crippen LogP contribution in [0.4, 0.5) is 5.82 Å². The first-order chi connectivity index (χ1) is 9.63. The van der Waals surface area contributed by atoms with E-state index in [4.69, 9.17) is 0 Å². The fourth-order valence-electron chi connectivity index (χ4n) is 3.45. The van der Waals surface area contributed by atoms with Crippen molar-refractivity contribution in [1.82, 2.24) is 15.5 Å². The molecule has 0 bridgehead atoms. The van der Waals surface area contributed by atoms with E-state index in [-0.39, 0.29) is 11.1 Å². The lowest BCUT2D eigenvalue weighted by Gasteiger charge is -2.52. The average molecular weight is 290 g/mol. The zero-order valence-corrected chi connectivity index (χ0v) is 14.6. The fourth-order valence-corrected chi connectivity index (χ4v) is 3.45. The number of aryl methyl sites for hydroxylation is 1. The summed E-state index contributed by atoms with van der Waals surface area (Å²) in [5.41, 5.74) is 1.25. The summed E-state index contributed by atoms with van der Waals surface area (Å²) < 4.78 is 0. The molecule has 2 rings (SSSR count). The summed E-state index contributed by atoms with van der Waals surface area (Å²) in [6.07, 6.45) is 2.24. The van der Waals surface area contributed by atoms with Gasteiger partial charge in [0.1, 0.15) is 0 Å². The van der Waals surface area contributed by atoms with Crippen LogP contribution in [-0.4, -0.2) is 34.4 Å². The molecule has 0 aliphatic carbocycles. The van der Waals surface area contributed by atoms with Gasteiger partial charge in [-0.25, -0.2) is 0 Å². The second-order valence-electron chi connectivity index (χ2n) is 7.79. The van der Waals surface area contributed by atoms with Crippen LogP contribution < -0.4 is 10.2 Å². The molecule has 1 saturated heterocycles. The number of hydrogen-bond donors (Lipinski definition) is 1. The summed E-state index contributed by atoms with van der Waals surface area (Å²) in [7, 11) is 2.14. The number of anilines is 1. The van der Waals surface area contributed by atoms with Crippen LogP contribution in [0.5, 0.6) is 0 Å². The van der Waals surface area contributed by atoms with Crippen LogP contribution in [0, 0.1) is 12.8 Å². The largest absolute Gasteiger partial charge is 0.355 e. The molecule has 0 saturated carbocycles. The van der Waals surface area contributed by atoms with Gasteiger partial charge in [-0.1, -0.05) is 13.8 Å². The predicted molar refractivity (Wildman–Crippen MR) is 88.7 cm³/mol. The minimum Gasteiger partial charge on any atom is -0.355 e. The highest BCUT2D eigenvalue weighted by Crippen LogP contribution is 2.36. The summed E-state index contributed by atoms with van der Waals surface area (Å²) in [6.45, 7) is 13.5. The molecule has 2 unspecified atom stereocenters. The Balaban J connectivity index is 2.23. The summed E-state index contributed by atoms with van der Waals surface area (Å²) in [4.78, 5) is 2.30. The van der Waals surface area contributed by atoms with E-state index in [0.29, 0.717) is 12.0 Å². The van der Waals surface area contributed by atoms with Crippen LogP contribution in [0.2, 0.25) is 0 Å². The normalized spacial score (nSPS) is 28.7. The first-order valence-corrected chi connectivity index (χ1v) is 7.95. The van der Waals surface area contributed by atoms with Crippen molar-refractivity contribution in [2.75, 3.05) is 11.9 Å². The zero-order chi connectivity index (χ0) is 15.8. The molecular formula is C17H30N4. The Labute approximate surface area is 129 Å². The van der Waals surface area contributed by atoms with Crippen LogP contribution in [0.3, 0.4) is 0 Å². The van der Waals surface area contributed by atoms with Crippen LogP contribution in [0.15, 0.2) is 12.1 Å². The molecule has 1 aliphatic heterocycles. The van der Waals surface area contributed by atoms with Gasteiger partial charge in [0.2, 0.25) is 0 Å². The lowest BCUT2D eigenvalue weighted by atomic mass is 9.73. The lowest BCUT2D eigenvalue weighted by molar-refractivity contribution is 0.107. The molecule has 1 aromatic heterocycles. The van der Waals surface area contributed by atoms with Crippen LogP contribution in [-0.2, 0) is 0 Å². The highest BCUT2D eigenvalue weighted by Gasteiger charge is 2.43. The molecule has 0 radical (unpaired) electrons. The molecule has 21 heavy (non-hydrogen) atoms. The Hall–Kier alpha value is -1.16. The standard InChI is InChI=1S/C17H30N4/c1-12(2)17(6)11-14(10-16(4,5)20-17)21(7)15-9-8-13(3)18-19-15/h8-9,12,14,20H,10-11H2,1-7H3. The van der Waals surface area contributed by atoms with Crippen LogP contribution in [0.1, 0.15) is 53.2 Å². The maximum Gasteiger partial charge on any atom is 0.151 e.